The number of ether oxygens (including phenoxy) is 1. The molecule has 0 saturated heterocycles. The van der Waals surface area contributed by atoms with Crippen molar-refractivity contribution in [2.75, 3.05) is 0 Å². The quantitative estimate of drug-likeness (QED) is 0.877. The Morgan fingerprint density at radius 1 is 1.37 bits per heavy atom. The van der Waals surface area contributed by atoms with Crippen LogP contribution in [-0.2, 0) is 11.3 Å². The minimum atomic E-state index is -0.487. The van der Waals surface area contributed by atoms with Crippen molar-refractivity contribution >= 4 is 21.7 Å². The molecule has 19 heavy (non-hydrogen) atoms. The van der Waals surface area contributed by atoms with E-state index in [1.807, 2.05) is 30.3 Å². The van der Waals surface area contributed by atoms with E-state index in [4.69, 9.17) is 10.5 Å². The van der Waals surface area contributed by atoms with Gasteiger partial charge in [-0.3, -0.25) is 0 Å². The lowest BCUT2D eigenvalue weighted by molar-refractivity contribution is 0.261. The minimum absolute atomic E-state index is 0.0987. The molecule has 0 spiro atoms. The Kier molecular flexibility index (Phi) is 4.52. The van der Waals surface area contributed by atoms with Crippen LogP contribution < -0.4 is 5.73 Å². The smallest absolute Gasteiger partial charge is 0.163 e. The van der Waals surface area contributed by atoms with E-state index >= 15 is 0 Å². The molecule has 2 rings (SSSR count). The van der Waals surface area contributed by atoms with Crippen LogP contribution in [0.15, 0.2) is 53.3 Å². The normalized spacial score (nSPS) is 11.4. The van der Waals surface area contributed by atoms with Gasteiger partial charge in [0.15, 0.2) is 11.6 Å². The van der Waals surface area contributed by atoms with Gasteiger partial charge in [-0.05, 0) is 27.6 Å². The molecule has 2 N–H and O–H groups in total. The maximum atomic E-state index is 13.7. The van der Waals surface area contributed by atoms with Crippen molar-refractivity contribution in [1.29, 1.82) is 0 Å². The Bertz CT molecular complexity index is 587. The van der Waals surface area contributed by atoms with E-state index in [2.05, 4.69) is 20.9 Å². The van der Waals surface area contributed by atoms with E-state index in [0.29, 0.717) is 11.1 Å². The van der Waals surface area contributed by atoms with Crippen molar-refractivity contribution < 1.29 is 9.13 Å². The van der Waals surface area contributed by atoms with Crippen LogP contribution in [0, 0.1) is 5.82 Å². The Balaban J connectivity index is 2.13. The number of pyridine rings is 1. The summed E-state index contributed by atoms with van der Waals surface area (Å²) in [5.74, 6) is -0.270. The number of rotatable bonds is 4. The van der Waals surface area contributed by atoms with Gasteiger partial charge in [0.2, 0.25) is 0 Å². The molecular formula is C14H12BrFN2O. The lowest BCUT2D eigenvalue weighted by Gasteiger charge is -2.10. The molecule has 0 bridgehead atoms. The summed E-state index contributed by atoms with van der Waals surface area (Å²) < 4.78 is 19.8. The molecule has 0 amide bonds. The monoisotopic (exact) mass is 322 g/mol. The summed E-state index contributed by atoms with van der Waals surface area (Å²) in [7, 11) is 0. The molecule has 0 unspecified atom stereocenters. The van der Waals surface area contributed by atoms with E-state index in [0.717, 1.165) is 5.56 Å². The van der Waals surface area contributed by atoms with Crippen molar-refractivity contribution in [2.45, 2.75) is 6.61 Å². The SMILES string of the molecule is N/C=C(/OCc1ccccc1)c1ncc(Br)cc1F. The molecule has 0 aliphatic heterocycles. The van der Waals surface area contributed by atoms with Gasteiger partial charge >= 0.3 is 0 Å². The van der Waals surface area contributed by atoms with Gasteiger partial charge in [-0.15, -0.1) is 0 Å². The zero-order valence-corrected chi connectivity index (χ0v) is 11.6. The highest BCUT2D eigenvalue weighted by molar-refractivity contribution is 9.10. The second kappa shape index (κ2) is 6.33. The van der Waals surface area contributed by atoms with Crippen LogP contribution in [-0.4, -0.2) is 4.98 Å². The average Bonchev–Trinajstić information content (AvgIpc) is 2.42. The fourth-order valence-electron chi connectivity index (χ4n) is 1.53. The predicted octanol–water partition coefficient (Wildman–Crippen LogP) is 3.46. The number of hydrogen-bond acceptors (Lipinski definition) is 3. The van der Waals surface area contributed by atoms with E-state index in [9.17, 15) is 4.39 Å². The van der Waals surface area contributed by atoms with Gasteiger partial charge in [0.25, 0.3) is 0 Å². The fraction of sp³-hybridized carbons (Fsp3) is 0.0714. The fourth-order valence-corrected chi connectivity index (χ4v) is 1.83. The van der Waals surface area contributed by atoms with Crippen LogP contribution in [0.1, 0.15) is 11.3 Å². The van der Waals surface area contributed by atoms with E-state index < -0.39 is 5.82 Å². The van der Waals surface area contributed by atoms with Crippen molar-refractivity contribution in [2.24, 2.45) is 5.73 Å². The summed E-state index contributed by atoms with van der Waals surface area (Å²) in [4.78, 5) is 3.97. The molecule has 0 aliphatic carbocycles. The van der Waals surface area contributed by atoms with Gasteiger partial charge in [0, 0.05) is 16.9 Å². The molecule has 98 valence electrons. The molecule has 0 radical (unpaired) electrons. The molecule has 1 aromatic carbocycles. The molecule has 1 heterocycles. The first kappa shape index (κ1) is 13.5. The Hall–Kier alpha value is -1.88. The number of benzene rings is 1. The van der Waals surface area contributed by atoms with Gasteiger partial charge in [-0.2, -0.15) is 0 Å². The summed E-state index contributed by atoms with van der Waals surface area (Å²) in [6.45, 7) is 0.307. The summed E-state index contributed by atoms with van der Waals surface area (Å²) >= 11 is 3.15. The molecule has 0 fully saturated rings. The van der Waals surface area contributed by atoms with Gasteiger partial charge < -0.3 is 10.5 Å². The first-order valence-electron chi connectivity index (χ1n) is 5.60. The Morgan fingerprint density at radius 3 is 2.74 bits per heavy atom. The number of hydrogen-bond donors (Lipinski definition) is 1. The van der Waals surface area contributed by atoms with Crippen LogP contribution in [0.25, 0.3) is 5.76 Å². The predicted molar refractivity (Wildman–Crippen MR) is 75.3 cm³/mol. The molecule has 3 nitrogen and oxygen atoms in total. The first-order chi connectivity index (χ1) is 9.20. The third-order valence-electron chi connectivity index (χ3n) is 2.43. The zero-order valence-electron chi connectivity index (χ0n) is 10.0. The maximum absolute atomic E-state index is 13.7. The molecule has 0 aliphatic rings. The Morgan fingerprint density at radius 2 is 2.11 bits per heavy atom. The van der Waals surface area contributed by atoms with Gasteiger partial charge in [0.05, 0.1) is 0 Å². The molecule has 2 aromatic rings. The van der Waals surface area contributed by atoms with Crippen molar-refractivity contribution in [3.63, 3.8) is 0 Å². The van der Waals surface area contributed by atoms with E-state index in [-0.39, 0.29) is 11.5 Å². The van der Waals surface area contributed by atoms with Gasteiger partial charge in [-0.25, -0.2) is 9.37 Å². The zero-order chi connectivity index (χ0) is 13.7. The summed E-state index contributed by atoms with van der Waals surface area (Å²) in [6, 6.07) is 10.9. The molecule has 1 aromatic heterocycles. The molecule has 5 heteroatoms. The number of aromatic nitrogens is 1. The van der Waals surface area contributed by atoms with E-state index in [1.54, 1.807) is 0 Å². The highest BCUT2D eigenvalue weighted by Crippen LogP contribution is 2.20. The highest BCUT2D eigenvalue weighted by Gasteiger charge is 2.11. The van der Waals surface area contributed by atoms with Crippen LogP contribution in [0.2, 0.25) is 0 Å². The second-order valence-corrected chi connectivity index (χ2v) is 4.70. The standard InChI is InChI=1S/C14H12BrFN2O/c15-11-6-12(16)14(18-8-11)13(7-17)19-9-10-4-2-1-3-5-10/h1-8H,9,17H2/b13-7+. The third kappa shape index (κ3) is 3.54. The maximum Gasteiger partial charge on any atom is 0.163 e. The van der Waals surface area contributed by atoms with E-state index in [1.165, 1.54) is 18.5 Å². The Labute approximate surface area is 119 Å². The minimum Gasteiger partial charge on any atom is -0.485 e. The first-order valence-corrected chi connectivity index (χ1v) is 6.40. The number of nitrogens with two attached hydrogens (primary N) is 1. The van der Waals surface area contributed by atoms with Crippen LogP contribution >= 0.6 is 15.9 Å². The average molecular weight is 323 g/mol. The largest absolute Gasteiger partial charge is 0.485 e. The second-order valence-electron chi connectivity index (χ2n) is 3.79. The van der Waals surface area contributed by atoms with Gasteiger partial charge in [-0.1, -0.05) is 30.3 Å². The van der Waals surface area contributed by atoms with Crippen molar-refractivity contribution in [3.05, 3.63) is 70.3 Å². The highest BCUT2D eigenvalue weighted by atomic mass is 79.9. The lowest BCUT2D eigenvalue weighted by atomic mass is 10.2. The summed E-state index contributed by atoms with van der Waals surface area (Å²) in [6.07, 6.45) is 2.70. The number of nitrogens with zero attached hydrogens (tertiary/aromatic N) is 1. The van der Waals surface area contributed by atoms with Crippen LogP contribution in [0.4, 0.5) is 4.39 Å². The number of halogens is 2. The van der Waals surface area contributed by atoms with Crippen molar-refractivity contribution in [3.8, 4) is 0 Å². The molecule has 0 saturated carbocycles. The third-order valence-corrected chi connectivity index (χ3v) is 2.86. The summed E-state index contributed by atoms with van der Waals surface area (Å²) in [5.41, 5.74) is 6.54. The van der Waals surface area contributed by atoms with Crippen molar-refractivity contribution in [1.82, 2.24) is 4.98 Å². The van der Waals surface area contributed by atoms with Crippen LogP contribution in [0.5, 0.6) is 0 Å². The van der Waals surface area contributed by atoms with Gasteiger partial charge in [0.1, 0.15) is 12.3 Å². The lowest BCUT2D eigenvalue weighted by Crippen LogP contribution is -2.01. The topological polar surface area (TPSA) is 48.1 Å². The summed E-state index contributed by atoms with van der Waals surface area (Å²) in [5, 5.41) is 0. The molecular weight excluding hydrogens is 311 g/mol. The van der Waals surface area contributed by atoms with Crippen LogP contribution in [0.3, 0.4) is 0 Å². The molecule has 0 atom stereocenters.